The molecule has 0 bridgehead atoms. The molecule has 4 heteroatoms. The first-order chi connectivity index (χ1) is 7.24. The zero-order chi connectivity index (χ0) is 11.1. The van der Waals surface area contributed by atoms with Crippen molar-refractivity contribution in [3.63, 3.8) is 0 Å². The van der Waals surface area contributed by atoms with Crippen LogP contribution < -0.4 is 5.73 Å². The Morgan fingerprint density at radius 2 is 1.93 bits per heavy atom. The third-order valence-corrected chi connectivity index (χ3v) is 2.00. The van der Waals surface area contributed by atoms with Gasteiger partial charge in [-0.05, 0) is 24.3 Å². The summed E-state index contributed by atoms with van der Waals surface area (Å²) in [7, 11) is 0. The average Bonchev–Trinajstić information content (AvgIpc) is 2.76. The molecule has 1 aromatic carbocycles. The van der Waals surface area contributed by atoms with Gasteiger partial charge in [-0.2, -0.15) is 0 Å². The van der Waals surface area contributed by atoms with Gasteiger partial charge >= 0.3 is 0 Å². The number of carbonyl (C=O) groups excluding carboxylic acids is 1. The first-order valence-corrected chi connectivity index (χ1v) is 4.71. The van der Waals surface area contributed by atoms with E-state index in [1.165, 1.54) is 6.26 Å². The first kappa shape index (κ1) is 11.4. The molecule has 15 heavy (non-hydrogen) atoms. The fourth-order valence-corrected chi connectivity index (χ4v) is 1.01. The number of aldehydes is 1. The van der Waals surface area contributed by atoms with Gasteiger partial charge in [0, 0.05) is 10.6 Å². The second kappa shape index (κ2) is 5.93. The number of benzene rings is 1. The zero-order valence-corrected chi connectivity index (χ0v) is 8.85. The van der Waals surface area contributed by atoms with Crippen molar-refractivity contribution in [1.29, 1.82) is 0 Å². The maximum absolute atomic E-state index is 9.77. The minimum Gasteiger partial charge on any atom is -0.462 e. The summed E-state index contributed by atoms with van der Waals surface area (Å²) in [6.45, 7) is 0. The van der Waals surface area contributed by atoms with E-state index in [1.807, 2.05) is 24.3 Å². The average molecular weight is 221 g/mol. The molecule has 78 valence electrons. The molecule has 0 aliphatic heterocycles. The quantitative estimate of drug-likeness (QED) is 0.442. The lowest BCUT2D eigenvalue weighted by Gasteiger charge is -1.92. The Hall–Kier alpha value is -1.68. The number of rotatable bonds is 1. The third-order valence-electron chi connectivity index (χ3n) is 1.60. The Morgan fingerprint density at radius 3 is 2.27 bits per heavy atom. The van der Waals surface area contributed by atoms with Gasteiger partial charge in [-0.15, -0.1) is 12.6 Å². The van der Waals surface area contributed by atoms with Crippen molar-refractivity contribution < 1.29 is 9.21 Å². The maximum atomic E-state index is 9.77. The Morgan fingerprint density at radius 1 is 1.20 bits per heavy atom. The summed E-state index contributed by atoms with van der Waals surface area (Å²) in [4.78, 5) is 10.6. The molecule has 0 amide bonds. The highest BCUT2D eigenvalue weighted by atomic mass is 32.1. The lowest BCUT2D eigenvalue weighted by molar-refractivity contribution is 0.110. The van der Waals surface area contributed by atoms with E-state index < -0.39 is 0 Å². The maximum Gasteiger partial charge on any atom is 0.185 e. The molecule has 0 spiro atoms. The van der Waals surface area contributed by atoms with Crippen LogP contribution in [-0.4, -0.2) is 6.29 Å². The van der Waals surface area contributed by atoms with Crippen LogP contribution in [0.2, 0.25) is 0 Å². The number of carbonyl (C=O) groups is 1. The summed E-state index contributed by atoms with van der Waals surface area (Å²) in [5, 5.41) is 0. The van der Waals surface area contributed by atoms with Crippen molar-refractivity contribution in [3.05, 3.63) is 48.4 Å². The van der Waals surface area contributed by atoms with Crippen LogP contribution >= 0.6 is 12.6 Å². The van der Waals surface area contributed by atoms with Gasteiger partial charge in [0.1, 0.15) is 0 Å². The summed E-state index contributed by atoms with van der Waals surface area (Å²) in [5.41, 5.74) is 6.18. The van der Waals surface area contributed by atoms with Crippen LogP contribution in [0.25, 0.3) is 0 Å². The lowest BCUT2D eigenvalue weighted by atomic mass is 10.3. The number of nitrogens with two attached hydrogens (primary N) is 1. The van der Waals surface area contributed by atoms with E-state index in [0.29, 0.717) is 12.0 Å². The standard InChI is InChI=1S/C6H7NS.C5H4O2/c7-5-3-1-2-4-6(5)8;6-4-5-2-1-3-7-5/h1-4,8H,7H2;1-4H. The smallest absolute Gasteiger partial charge is 0.185 e. The molecule has 0 radical (unpaired) electrons. The molecular formula is C11H11NO2S. The normalized spacial score (nSPS) is 8.87. The number of thiol groups is 1. The predicted octanol–water partition coefficient (Wildman–Crippen LogP) is 2.65. The van der Waals surface area contributed by atoms with Crippen LogP contribution in [0.15, 0.2) is 52.0 Å². The molecule has 3 nitrogen and oxygen atoms in total. The fraction of sp³-hybridized carbons (Fsp3) is 0. The van der Waals surface area contributed by atoms with Crippen molar-refractivity contribution in [1.82, 2.24) is 0 Å². The molecule has 0 saturated carbocycles. The zero-order valence-electron chi connectivity index (χ0n) is 7.96. The molecule has 0 aliphatic carbocycles. The molecule has 0 aliphatic rings. The van der Waals surface area contributed by atoms with Crippen molar-refractivity contribution in [2.45, 2.75) is 4.90 Å². The fourth-order valence-electron chi connectivity index (χ4n) is 0.846. The summed E-state index contributed by atoms with van der Waals surface area (Å²) in [6.07, 6.45) is 2.13. The monoisotopic (exact) mass is 221 g/mol. The van der Waals surface area contributed by atoms with Gasteiger partial charge in [-0.1, -0.05) is 12.1 Å². The number of nitrogen functional groups attached to an aromatic ring is 1. The van der Waals surface area contributed by atoms with Gasteiger partial charge in [-0.25, -0.2) is 0 Å². The summed E-state index contributed by atoms with van der Waals surface area (Å²) in [5.74, 6) is 0.375. The summed E-state index contributed by atoms with van der Waals surface area (Å²) in [6, 6.07) is 10.7. The van der Waals surface area contributed by atoms with E-state index in [-0.39, 0.29) is 0 Å². The Bertz CT molecular complexity index is 391. The van der Waals surface area contributed by atoms with Crippen molar-refractivity contribution in [3.8, 4) is 0 Å². The van der Waals surface area contributed by atoms with E-state index in [9.17, 15) is 4.79 Å². The molecule has 0 fully saturated rings. The van der Waals surface area contributed by atoms with Crippen LogP contribution in [0.3, 0.4) is 0 Å². The third kappa shape index (κ3) is 3.91. The number of anilines is 1. The highest BCUT2D eigenvalue weighted by Gasteiger charge is 1.86. The number of hydrogen-bond donors (Lipinski definition) is 2. The van der Waals surface area contributed by atoms with Gasteiger partial charge in [0.2, 0.25) is 0 Å². The lowest BCUT2D eigenvalue weighted by Crippen LogP contribution is -1.83. The van der Waals surface area contributed by atoms with E-state index in [0.717, 1.165) is 10.6 Å². The molecule has 0 unspecified atom stereocenters. The molecular weight excluding hydrogens is 210 g/mol. The van der Waals surface area contributed by atoms with Crippen LogP contribution in [0, 0.1) is 0 Å². The van der Waals surface area contributed by atoms with Gasteiger partial charge < -0.3 is 10.2 Å². The second-order valence-electron chi connectivity index (χ2n) is 2.69. The Kier molecular flexibility index (Phi) is 4.50. The van der Waals surface area contributed by atoms with Gasteiger partial charge in [0.15, 0.2) is 12.0 Å². The van der Waals surface area contributed by atoms with E-state index in [2.05, 4.69) is 17.0 Å². The van der Waals surface area contributed by atoms with Crippen LogP contribution in [0.5, 0.6) is 0 Å². The van der Waals surface area contributed by atoms with Crippen LogP contribution in [0.4, 0.5) is 5.69 Å². The topological polar surface area (TPSA) is 56.2 Å². The van der Waals surface area contributed by atoms with Crippen molar-refractivity contribution in [2.75, 3.05) is 5.73 Å². The van der Waals surface area contributed by atoms with E-state index >= 15 is 0 Å². The van der Waals surface area contributed by atoms with E-state index in [4.69, 9.17) is 5.73 Å². The molecule has 1 heterocycles. The molecule has 0 atom stereocenters. The highest BCUT2D eigenvalue weighted by molar-refractivity contribution is 7.80. The molecule has 1 aromatic heterocycles. The second-order valence-corrected chi connectivity index (χ2v) is 3.17. The number of hydrogen-bond acceptors (Lipinski definition) is 4. The minimum absolute atomic E-state index is 0.375. The first-order valence-electron chi connectivity index (χ1n) is 4.26. The summed E-state index contributed by atoms with van der Waals surface area (Å²) >= 11 is 4.07. The van der Waals surface area contributed by atoms with Gasteiger partial charge in [0.25, 0.3) is 0 Å². The van der Waals surface area contributed by atoms with Gasteiger partial charge in [-0.3, -0.25) is 4.79 Å². The molecule has 0 saturated heterocycles. The SMILES string of the molecule is Nc1ccccc1S.O=Cc1ccco1. The summed E-state index contributed by atoms with van der Waals surface area (Å²) < 4.78 is 4.61. The van der Waals surface area contributed by atoms with Crippen molar-refractivity contribution >= 4 is 24.6 Å². The highest BCUT2D eigenvalue weighted by Crippen LogP contribution is 2.13. The molecule has 2 N–H and O–H groups in total. The Labute approximate surface area is 93.3 Å². The largest absolute Gasteiger partial charge is 0.462 e. The minimum atomic E-state index is 0.375. The molecule has 2 aromatic rings. The van der Waals surface area contributed by atoms with E-state index in [1.54, 1.807) is 12.1 Å². The van der Waals surface area contributed by atoms with Crippen molar-refractivity contribution in [2.24, 2.45) is 0 Å². The Balaban J connectivity index is 0.000000151. The van der Waals surface area contributed by atoms with Crippen LogP contribution in [-0.2, 0) is 0 Å². The predicted molar refractivity (Wildman–Crippen MR) is 62.2 cm³/mol. The molecule has 2 rings (SSSR count). The van der Waals surface area contributed by atoms with Crippen LogP contribution in [0.1, 0.15) is 10.6 Å². The number of para-hydroxylation sites is 1. The number of furan rings is 1. The van der Waals surface area contributed by atoms with Gasteiger partial charge in [0.05, 0.1) is 6.26 Å².